The lowest BCUT2D eigenvalue weighted by Crippen LogP contribution is -2.33. The Hall–Kier alpha value is -1.35. The van der Waals surface area contributed by atoms with E-state index in [0.717, 1.165) is 32.2 Å². The van der Waals surface area contributed by atoms with Crippen molar-refractivity contribution in [1.82, 2.24) is 4.90 Å². The number of carbonyl (C=O) groups is 1. The maximum Gasteiger partial charge on any atom is 0.222 e. The van der Waals surface area contributed by atoms with Crippen LogP contribution in [0, 0.1) is 0 Å². The summed E-state index contributed by atoms with van der Waals surface area (Å²) in [5.74, 6) is 0.235. The van der Waals surface area contributed by atoms with Crippen molar-refractivity contribution in [2.45, 2.75) is 51.0 Å². The molecule has 3 heteroatoms. The van der Waals surface area contributed by atoms with Crippen molar-refractivity contribution in [3.8, 4) is 0 Å². The van der Waals surface area contributed by atoms with E-state index in [-0.39, 0.29) is 5.91 Å². The molecule has 1 unspecified atom stereocenters. The minimum absolute atomic E-state index is 0.235. The Labute approximate surface area is 121 Å². The summed E-state index contributed by atoms with van der Waals surface area (Å²) in [5.41, 5.74) is 0.693. The summed E-state index contributed by atoms with van der Waals surface area (Å²) in [7, 11) is 0. The Morgan fingerprint density at radius 2 is 2.00 bits per heavy atom. The minimum Gasteiger partial charge on any atom is -0.390 e. The molecule has 3 nitrogen and oxygen atoms in total. The van der Waals surface area contributed by atoms with Crippen LogP contribution in [0.4, 0.5) is 0 Å². The third-order valence-corrected chi connectivity index (χ3v) is 4.12. The number of aryl methyl sites for hydroxylation is 1. The van der Waals surface area contributed by atoms with E-state index in [1.54, 1.807) is 0 Å². The number of hydrogen-bond donors (Lipinski definition) is 1. The molecule has 1 atom stereocenters. The molecule has 1 N–H and O–H groups in total. The molecule has 1 saturated heterocycles. The Morgan fingerprint density at radius 3 is 2.75 bits per heavy atom. The molecule has 0 saturated carbocycles. The summed E-state index contributed by atoms with van der Waals surface area (Å²) in [5, 5.41) is 10.0. The van der Waals surface area contributed by atoms with E-state index in [9.17, 15) is 9.90 Å². The van der Waals surface area contributed by atoms with Gasteiger partial charge < -0.3 is 10.0 Å². The molecule has 1 amide bonds. The van der Waals surface area contributed by atoms with Gasteiger partial charge in [0.1, 0.15) is 0 Å². The van der Waals surface area contributed by atoms with Crippen LogP contribution in [-0.4, -0.2) is 34.6 Å². The van der Waals surface area contributed by atoms with Gasteiger partial charge in [0.2, 0.25) is 5.91 Å². The molecule has 1 aliphatic rings. The summed E-state index contributed by atoms with van der Waals surface area (Å²) >= 11 is 0. The van der Waals surface area contributed by atoms with Gasteiger partial charge in [-0.1, -0.05) is 30.3 Å². The molecule has 110 valence electrons. The van der Waals surface area contributed by atoms with Crippen LogP contribution in [0.5, 0.6) is 0 Å². The number of nitrogens with zero attached hydrogens (tertiary/aromatic N) is 1. The van der Waals surface area contributed by atoms with Crippen LogP contribution in [-0.2, 0) is 11.2 Å². The van der Waals surface area contributed by atoms with Crippen molar-refractivity contribution < 1.29 is 9.90 Å². The molecule has 0 spiro atoms. The molecule has 20 heavy (non-hydrogen) atoms. The number of hydrogen-bond acceptors (Lipinski definition) is 2. The number of amides is 1. The van der Waals surface area contributed by atoms with Crippen LogP contribution < -0.4 is 0 Å². The number of likely N-dealkylation sites (tertiary alicyclic amines) is 1. The van der Waals surface area contributed by atoms with Gasteiger partial charge in [0.15, 0.2) is 0 Å². The Balaban J connectivity index is 1.74. The fourth-order valence-corrected chi connectivity index (χ4v) is 2.76. The van der Waals surface area contributed by atoms with Gasteiger partial charge in [-0.25, -0.2) is 0 Å². The van der Waals surface area contributed by atoms with Gasteiger partial charge in [-0.15, -0.1) is 0 Å². The van der Waals surface area contributed by atoms with Gasteiger partial charge >= 0.3 is 0 Å². The summed E-state index contributed by atoms with van der Waals surface area (Å²) in [4.78, 5) is 14.1. The van der Waals surface area contributed by atoms with Gasteiger partial charge in [-0.2, -0.15) is 0 Å². The van der Waals surface area contributed by atoms with Crippen LogP contribution in [0.15, 0.2) is 30.3 Å². The highest BCUT2D eigenvalue weighted by Gasteiger charge is 2.26. The van der Waals surface area contributed by atoms with Crippen LogP contribution in [0.1, 0.15) is 44.6 Å². The van der Waals surface area contributed by atoms with Gasteiger partial charge in [-0.05, 0) is 44.6 Å². The average molecular weight is 275 g/mol. The van der Waals surface area contributed by atoms with E-state index in [0.29, 0.717) is 19.4 Å². The lowest BCUT2D eigenvalue weighted by Gasteiger charge is -2.22. The second kappa shape index (κ2) is 6.89. The summed E-state index contributed by atoms with van der Waals surface area (Å²) < 4.78 is 0. The molecular formula is C17H25NO2. The topological polar surface area (TPSA) is 40.5 Å². The molecule has 0 aliphatic carbocycles. The van der Waals surface area contributed by atoms with Crippen molar-refractivity contribution in [1.29, 1.82) is 0 Å². The first kappa shape index (κ1) is 15.0. The van der Waals surface area contributed by atoms with Gasteiger partial charge in [-0.3, -0.25) is 4.79 Å². The molecule has 1 aromatic carbocycles. The third-order valence-electron chi connectivity index (χ3n) is 4.12. The number of aliphatic hydroxyl groups is 1. The first-order valence-electron chi connectivity index (χ1n) is 7.61. The summed E-state index contributed by atoms with van der Waals surface area (Å²) in [6, 6.07) is 10.3. The Kier molecular flexibility index (Phi) is 5.18. The fraction of sp³-hybridized carbons (Fsp3) is 0.588. The summed E-state index contributed by atoms with van der Waals surface area (Å²) in [6.45, 7) is 3.36. The first-order valence-corrected chi connectivity index (χ1v) is 7.61. The van der Waals surface area contributed by atoms with E-state index >= 15 is 0 Å². The second-order valence-corrected chi connectivity index (χ2v) is 6.07. The van der Waals surface area contributed by atoms with Gasteiger partial charge in [0.25, 0.3) is 0 Å². The molecule has 0 radical (unpaired) electrons. The molecule has 1 aromatic rings. The molecule has 1 fully saturated rings. The van der Waals surface area contributed by atoms with E-state index < -0.39 is 5.60 Å². The number of carbonyl (C=O) groups excluding carboxylic acids is 1. The highest BCUT2D eigenvalue weighted by molar-refractivity contribution is 5.76. The lowest BCUT2D eigenvalue weighted by atomic mass is 9.98. The molecule has 1 heterocycles. The lowest BCUT2D eigenvalue weighted by molar-refractivity contribution is -0.131. The highest BCUT2D eigenvalue weighted by atomic mass is 16.3. The third kappa shape index (κ3) is 4.64. The maximum absolute atomic E-state index is 12.2. The van der Waals surface area contributed by atoms with Crippen LogP contribution in [0.25, 0.3) is 0 Å². The van der Waals surface area contributed by atoms with Crippen molar-refractivity contribution >= 4 is 5.91 Å². The minimum atomic E-state index is -0.598. The highest BCUT2D eigenvalue weighted by Crippen LogP contribution is 2.22. The quantitative estimate of drug-likeness (QED) is 0.918. The van der Waals surface area contributed by atoms with E-state index in [1.807, 2.05) is 30.0 Å². The van der Waals surface area contributed by atoms with E-state index in [2.05, 4.69) is 12.1 Å². The van der Waals surface area contributed by atoms with Crippen LogP contribution in [0.3, 0.4) is 0 Å². The predicted molar refractivity (Wildman–Crippen MR) is 80.4 cm³/mol. The second-order valence-electron chi connectivity index (χ2n) is 6.07. The molecule has 0 bridgehead atoms. The largest absolute Gasteiger partial charge is 0.390 e. The van der Waals surface area contributed by atoms with E-state index in [1.165, 1.54) is 5.56 Å². The van der Waals surface area contributed by atoms with Crippen molar-refractivity contribution in [3.63, 3.8) is 0 Å². The van der Waals surface area contributed by atoms with Crippen molar-refractivity contribution in [2.24, 2.45) is 0 Å². The predicted octanol–water partition coefficient (Wildman–Crippen LogP) is 2.77. The monoisotopic (exact) mass is 275 g/mol. The SMILES string of the molecule is CC1(O)CCCN(C(=O)CCCc2ccccc2)CC1. The van der Waals surface area contributed by atoms with E-state index in [4.69, 9.17) is 0 Å². The van der Waals surface area contributed by atoms with Gasteiger partial charge in [0, 0.05) is 19.5 Å². The maximum atomic E-state index is 12.2. The zero-order valence-electron chi connectivity index (χ0n) is 12.3. The van der Waals surface area contributed by atoms with Gasteiger partial charge in [0.05, 0.1) is 5.60 Å². The summed E-state index contributed by atoms with van der Waals surface area (Å²) in [6.07, 6.45) is 4.85. The van der Waals surface area contributed by atoms with Crippen molar-refractivity contribution in [3.05, 3.63) is 35.9 Å². The van der Waals surface area contributed by atoms with Crippen LogP contribution in [0.2, 0.25) is 0 Å². The molecule has 1 aliphatic heterocycles. The molecule has 0 aromatic heterocycles. The Bertz CT molecular complexity index is 428. The fourth-order valence-electron chi connectivity index (χ4n) is 2.76. The zero-order chi connectivity index (χ0) is 14.4. The average Bonchev–Trinajstić information content (AvgIpc) is 2.61. The normalized spacial score (nSPS) is 23.4. The smallest absolute Gasteiger partial charge is 0.222 e. The molecule has 2 rings (SSSR count). The zero-order valence-corrected chi connectivity index (χ0v) is 12.3. The molecular weight excluding hydrogens is 250 g/mol. The van der Waals surface area contributed by atoms with Crippen molar-refractivity contribution in [2.75, 3.05) is 13.1 Å². The number of rotatable bonds is 4. The Morgan fingerprint density at radius 1 is 1.25 bits per heavy atom. The standard InChI is InChI=1S/C17H25NO2/c1-17(20)11-6-13-18(14-12-17)16(19)10-5-9-15-7-3-2-4-8-15/h2-4,7-8,20H,5-6,9-14H2,1H3. The first-order chi connectivity index (χ1) is 9.57. The number of benzene rings is 1. The van der Waals surface area contributed by atoms with Crippen LogP contribution >= 0.6 is 0 Å².